The van der Waals surface area contributed by atoms with E-state index in [4.69, 9.17) is 5.11 Å². The maximum atomic E-state index is 12.7. The van der Waals surface area contributed by atoms with Crippen LogP contribution in [0, 0.1) is 11.2 Å². The Kier molecular flexibility index (Phi) is 6.98. The van der Waals surface area contributed by atoms with Crippen molar-refractivity contribution in [2.24, 2.45) is 5.41 Å². The van der Waals surface area contributed by atoms with E-state index < -0.39 is 11.8 Å². The minimum atomic E-state index is -0.717. The molecule has 122 valence electrons. The molecule has 0 aliphatic rings. The number of amides is 2. The van der Waals surface area contributed by atoms with Gasteiger partial charge >= 0.3 is 11.8 Å². The highest BCUT2D eigenvalue weighted by atomic mass is 19.1. The number of benzene rings is 1. The normalized spacial score (nSPS) is 11.1. The van der Waals surface area contributed by atoms with Crippen molar-refractivity contribution in [2.75, 3.05) is 13.2 Å². The molecular formula is C16H23FN2O3. The van der Waals surface area contributed by atoms with Gasteiger partial charge in [-0.3, -0.25) is 9.59 Å². The molecule has 3 N–H and O–H groups in total. The van der Waals surface area contributed by atoms with Crippen molar-refractivity contribution < 1.29 is 19.1 Å². The highest BCUT2D eigenvalue weighted by molar-refractivity contribution is 6.35. The number of rotatable bonds is 7. The Morgan fingerprint density at radius 1 is 1.14 bits per heavy atom. The Labute approximate surface area is 129 Å². The molecule has 1 rings (SSSR count). The summed E-state index contributed by atoms with van der Waals surface area (Å²) < 4.78 is 12.7. The van der Waals surface area contributed by atoms with Crippen LogP contribution in [0.3, 0.4) is 0 Å². The zero-order valence-corrected chi connectivity index (χ0v) is 13.0. The maximum absolute atomic E-state index is 12.7. The molecule has 0 radical (unpaired) electrons. The number of nitrogens with one attached hydrogen (secondary N) is 2. The second-order valence-corrected chi connectivity index (χ2v) is 5.99. The first-order valence-electron chi connectivity index (χ1n) is 7.25. The molecule has 0 heterocycles. The quantitative estimate of drug-likeness (QED) is 0.525. The van der Waals surface area contributed by atoms with E-state index in [0.29, 0.717) is 18.5 Å². The smallest absolute Gasteiger partial charge is 0.309 e. The van der Waals surface area contributed by atoms with Crippen LogP contribution in [0.25, 0.3) is 0 Å². The lowest BCUT2D eigenvalue weighted by Crippen LogP contribution is -2.40. The molecule has 6 heteroatoms. The third kappa shape index (κ3) is 6.67. The van der Waals surface area contributed by atoms with Gasteiger partial charge in [0, 0.05) is 19.7 Å². The second-order valence-electron chi connectivity index (χ2n) is 5.99. The van der Waals surface area contributed by atoms with Crippen molar-refractivity contribution in [2.45, 2.75) is 33.2 Å². The number of hydrogen-bond donors (Lipinski definition) is 3. The Bertz CT molecular complexity index is 501. The van der Waals surface area contributed by atoms with Crippen LogP contribution in [0.5, 0.6) is 0 Å². The predicted molar refractivity (Wildman–Crippen MR) is 81.4 cm³/mol. The molecule has 22 heavy (non-hydrogen) atoms. The van der Waals surface area contributed by atoms with Crippen molar-refractivity contribution >= 4 is 11.8 Å². The SMILES string of the molecule is CC(C)(CO)CCCNC(=O)C(=O)NCc1ccc(F)cc1. The van der Waals surface area contributed by atoms with E-state index in [1.54, 1.807) is 12.1 Å². The molecule has 0 atom stereocenters. The number of carbonyl (C=O) groups is 2. The standard InChI is InChI=1S/C16H23FN2O3/c1-16(2,11-20)8-3-9-18-14(21)15(22)19-10-12-4-6-13(17)7-5-12/h4-7,20H,3,8-11H2,1-2H3,(H,18,21)(H,19,22). The lowest BCUT2D eigenvalue weighted by Gasteiger charge is -2.21. The van der Waals surface area contributed by atoms with Gasteiger partial charge in [-0.15, -0.1) is 0 Å². The average molecular weight is 310 g/mol. The summed E-state index contributed by atoms with van der Waals surface area (Å²) in [6.07, 6.45) is 1.44. The summed E-state index contributed by atoms with van der Waals surface area (Å²) in [6.45, 7) is 4.50. The fourth-order valence-corrected chi connectivity index (χ4v) is 1.79. The zero-order valence-electron chi connectivity index (χ0n) is 13.0. The van der Waals surface area contributed by atoms with E-state index in [2.05, 4.69) is 10.6 Å². The molecule has 0 fully saturated rings. The average Bonchev–Trinajstić information content (AvgIpc) is 2.50. The molecule has 5 nitrogen and oxygen atoms in total. The van der Waals surface area contributed by atoms with Crippen molar-refractivity contribution in [3.05, 3.63) is 35.6 Å². The lowest BCUT2D eigenvalue weighted by molar-refractivity contribution is -0.139. The largest absolute Gasteiger partial charge is 0.396 e. The molecule has 0 bridgehead atoms. The number of hydrogen-bond acceptors (Lipinski definition) is 3. The van der Waals surface area contributed by atoms with Gasteiger partial charge < -0.3 is 15.7 Å². The monoisotopic (exact) mass is 310 g/mol. The van der Waals surface area contributed by atoms with Gasteiger partial charge in [0.15, 0.2) is 0 Å². The summed E-state index contributed by atoms with van der Waals surface area (Å²) in [7, 11) is 0. The van der Waals surface area contributed by atoms with Crippen LogP contribution in [0.2, 0.25) is 0 Å². The van der Waals surface area contributed by atoms with Gasteiger partial charge in [-0.2, -0.15) is 0 Å². The van der Waals surface area contributed by atoms with E-state index in [1.807, 2.05) is 13.8 Å². The van der Waals surface area contributed by atoms with Crippen molar-refractivity contribution in [3.8, 4) is 0 Å². The van der Waals surface area contributed by atoms with Gasteiger partial charge in [-0.05, 0) is 36.0 Å². The van der Waals surface area contributed by atoms with Crippen molar-refractivity contribution in [3.63, 3.8) is 0 Å². The molecule has 0 saturated carbocycles. The Morgan fingerprint density at radius 2 is 1.73 bits per heavy atom. The van der Waals surface area contributed by atoms with Crippen LogP contribution in [-0.4, -0.2) is 30.1 Å². The third-order valence-corrected chi connectivity index (χ3v) is 3.32. The Hall–Kier alpha value is -1.95. The summed E-state index contributed by atoms with van der Waals surface area (Å²) in [6, 6.07) is 5.68. The van der Waals surface area contributed by atoms with E-state index in [0.717, 1.165) is 6.42 Å². The molecular weight excluding hydrogens is 287 g/mol. The number of halogens is 1. The van der Waals surface area contributed by atoms with E-state index in [-0.39, 0.29) is 24.4 Å². The minimum absolute atomic E-state index is 0.0824. The second kappa shape index (κ2) is 8.48. The van der Waals surface area contributed by atoms with Crippen LogP contribution in [0.15, 0.2) is 24.3 Å². The van der Waals surface area contributed by atoms with Gasteiger partial charge in [0.25, 0.3) is 0 Å². The van der Waals surface area contributed by atoms with Crippen LogP contribution in [-0.2, 0) is 16.1 Å². The highest BCUT2D eigenvalue weighted by Crippen LogP contribution is 2.20. The van der Waals surface area contributed by atoms with E-state index in [1.165, 1.54) is 12.1 Å². The summed E-state index contributed by atoms with van der Waals surface area (Å²) >= 11 is 0. The molecule has 0 unspecified atom stereocenters. The van der Waals surface area contributed by atoms with Crippen LogP contribution >= 0.6 is 0 Å². The maximum Gasteiger partial charge on any atom is 0.309 e. The predicted octanol–water partition coefficient (Wildman–Crippen LogP) is 1.36. The van der Waals surface area contributed by atoms with E-state index >= 15 is 0 Å². The summed E-state index contributed by atoms with van der Waals surface area (Å²) in [5.74, 6) is -1.76. The number of aliphatic hydroxyl groups excluding tert-OH is 1. The molecule has 1 aromatic carbocycles. The molecule has 0 aromatic heterocycles. The summed E-state index contributed by atoms with van der Waals surface area (Å²) in [4.78, 5) is 23.2. The topological polar surface area (TPSA) is 78.4 Å². The van der Waals surface area contributed by atoms with Gasteiger partial charge in [-0.25, -0.2) is 4.39 Å². The Balaban J connectivity index is 2.25. The third-order valence-electron chi connectivity index (χ3n) is 3.32. The van der Waals surface area contributed by atoms with Gasteiger partial charge in [-0.1, -0.05) is 26.0 Å². The zero-order chi connectivity index (χ0) is 16.6. The molecule has 0 saturated heterocycles. The van der Waals surface area contributed by atoms with Gasteiger partial charge in [0.05, 0.1) is 0 Å². The number of aliphatic hydroxyl groups is 1. The first kappa shape index (κ1) is 18.1. The van der Waals surface area contributed by atoms with Crippen molar-refractivity contribution in [1.82, 2.24) is 10.6 Å². The Morgan fingerprint density at radius 3 is 2.32 bits per heavy atom. The molecule has 2 amide bonds. The molecule has 0 aliphatic carbocycles. The first-order chi connectivity index (χ1) is 10.3. The summed E-state index contributed by atoms with van der Waals surface area (Å²) in [5, 5.41) is 14.1. The van der Waals surface area contributed by atoms with E-state index in [9.17, 15) is 14.0 Å². The molecule has 0 aliphatic heterocycles. The van der Waals surface area contributed by atoms with Crippen LogP contribution < -0.4 is 10.6 Å². The van der Waals surface area contributed by atoms with Crippen LogP contribution in [0.4, 0.5) is 4.39 Å². The fourth-order valence-electron chi connectivity index (χ4n) is 1.79. The first-order valence-corrected chi connectivity index (χ1v) is 7.25. The summed E-state index contributed by atoms with van der Waals surface area (Å²) in [5.41, 5.74) is 0.530. The highest BCUT2D eigenvalue weighted by Gasteiger charge is 2.17. The van der Waals surface area contributed by atoms with Gasteiger partial charge in [0.2, 0.25) is 0 Å². The minimum Gasteiger partial charge on any atom is -0.396 e. The van der Waals surface area contributed by atoms with Gasteiger partial charge in [0.1, 0.15) is 5.82 Å². The number of carbonyl (C=O) groups excluding carboxylic acids is 2. The molecule has 0 spiro atoms. The molecule has 1 aromatic rings. The van der Waals surface area contributed by atoms with Crippen molar-refractivity contribution in [1.29, 1.82) is 0 Å². The lowest BCUT2D eigenvalue weighted by atomic mass is 9.89. The van der Waals surface area contributed by atoms with Crippen LogP contribution in [0.1, 0.15) is 32.3 Å². The fraction of sp³-hybridized carbons (Fsp3) is 0.500.